The summed E-state index contributed by atoms with van der Waals surface area (Å²) >= 11 is 7.94. The van der Waals surface area contributed by atoms with Crippen molar-refractivity contribution in [2.75, 3.05) is 5.73 Å². The first-order chi connectivity index (χ1) is 8.19. The Morgan fingerprint density at radius 1 is 1.41 bits per heavy atom. The van der Waals surface area contributed by atoms with Crippen LogP contribution in [0.25, 0.3) is 0 Å². The highest BCUT2D eigenvalue weighted by Gasteiger charge is 2.22. The van der Waals surface area contributed by atoms with Crippen LogP contribution in [0.4, 0.5) is 5.69 Å². The number of hydrogen-bond donors (Lipinski definition) is 1. The van der Waals surface area contributed by atoms with E-state index in [-0.39, 0.29) is 0 Å². The number of halogens is 1. The van der Waals surface area contributed by atoms with Gasteiger partial charge >= 0.3 is 0 Å². The van der Waals surface area contributed by atoms with Gasteiger partial charge in [-0.25, -0.2) is 0 Å². The lowest BCUT2D eigenvalue weighted by molar-refractivity contribution is 0.357. The lowest BCUT2D eigenvalue weighted by Gasteiger charge is -2.28. The molecule has 1 aliphatic rings. The van der Waals surface area contributed by atoms with Gasteiger partial charge in [0, 0.05) is 20.9 Å². The Kier molecular flexibility index (Phi) is 4.63. The minimum Gasteiger partial charge on any atom is -0.398 e. The quantitative estimate of drug-likeness (QED) is 0.783. The second kappa shape index (κ2) is 6.01. The van der Waals surface area contributed by atoms with Crippen molar-refractivity contribution in [3.8, 4) is 0 Å². The first-order valence-corrected chi connectivity index (χ1v) is 7.66. The van der Waals surface area contributed by atoms with E-state index in [4.69, 9.17) is 17.3 Å². The summed E-state index contributed by atoms with van der Waals surface area (Å²) in [5, 5.41) is 1.50. The smallest absolute Gasteiger partial charge is 0.0453 e. The van der Waals surface area contributed by atoms with Crippen LogP contribution in [-0.4, -0.2) is 5.25 Å². The van der Waals surface area contributed by atoms with Crippen molar-refractivity contribution in [1.82, 2.24) is 0 Å². The Bertz CT molecular complexity index is 380. The molecule has 1 aromatic carbocycles. The van der Waals surface area contributed by atoms with Crippen molar-refractivity contribution in [2.24, 2.45) is 5.92 Å². The minimum atomic E-state index is 0.717. The van der Waals surface area contributed by atoms with Gasteiger partial charge in [-0.2, -0.15) is 0 Å². The summed E-state index contributed by atoms with van der Waals surface area (Å²) in [6.07, 6.45) is 6.71. The first-order valence-electron chi connectivity index (χ1n) is 6.40. The Balaban J connectivity index is 2.02. The lowest BCUT2D eigenvalue weighted by Crippen LogP contribution is -2.16. The molecule has 3 heteroatoms. The molecule has 0 bridgehead atoms. The van der Waals surface area contributed by atoms with Crippen molar-refractivity contribution in [3.05, 3.63) is 23.2 Å². The van der Waals surface area contributed by atoms with Crippen LogP contribution in [-0.2, 0) is 0 Å². The fourth-order valence-electron chi connectivity index (χ4n) is 2.51. The average Bonchev–Trinajstić information content (AvgIpc) is 2.34. The maximum atomic E-state index is 6.02. The molecule has 1 fully saturated rings. The zero-order valence-corrected chi connectivity index (χ0v) is 11.9. The summed E-state index contributed by atoms with van der Waals surface area (Å²) in [5.74, 6) is 0.904. The molecule has 2 N–H and O–H groups in total. The maximum absolute atomic E-state index is 6.02. The Hall–Kier alpha value is -0.340. The van der Waals surface area contributed by atoms with Crippen LogP contribution in [0.5, 0.6) is 0 Å². The third-order valence-corrected chi connectivity index (χ3v) is 5.19. The van der Waals surface area contributed by atoms with E-state index in [2.05, 4.69) is 6.92 Å². The number of hydrogen-bond acceptors (Lipinski definition) is 2. The molecule has 2 rings (SSSR count). The molecule has 1 saturated carbocycles. The second-order valence-electron chi connectivity index (χ2n) is 4.86. The topological polar surface area (TPSA) is 26.0 Å². The first kappa shape index (κ1) is 13.1. The summed E-state index contributed by atoms with van der Waals surface area (Å²) in [6, 6.07) is 5.76. The van der Waals surface area contributed by atoms with Crippen molar-refractivity contribution >= 4 is 29.1 Å². The fraction of sp³-hybridized carbons (Fsp3) is 0.571. The zero-order chi connectivity index (χ0) is 12.3. The van der Waals surface area contributed by atoms with E-state index in [1.807, 2.05) is 30.0 Å². The van der Waals surface area contributed by atoms with Gasteiger partial charge in [0.2, 0.25) is 0 Å². The van der Waals surface area contributed by atoms with Crippen molar-refractivity contribution < 1.29 is 0 Å². The van der Waals surface area contributed by atoms with E-state index < -0.39 is 0 Å². The number of anilines is 1. The van der Waals surface area contributed by atoms with Gasteiger partial charge in [0.15, 0.2) is 0 Å². The molecular weight excluding hydrogens is 250 g/mol. The van der Waals surface area contributed by atoms with Crippen LogP contribution in [0.2, 0.25) is 5.02 Å². The van der Waals surface area contributed by atoms with Crippen molar-refractivity contribution in [2.45, 2.75) is 49.2 Å². The highest BCUT2D eigenvalue weighted by atomic mass is 35.5. The standard InChI is InChI=1S/C14H20ClNS/c1-2-10-4-3-5-12(8-10)17-14-9-11(15)6-7-13(14)16/h6-7,9-10,12H,2-5,8,16H2,1H3. The zero-order valence-electron chi connectivity index (χ0n) is 10.3. The fourth-order valence-corrected chi connectivity index (χ4v) is 4.16. The van der Waals surface area contributed by atoms with Crippen LogP contribution < -0.4 is 5.73 Å². The van der Waals surface area contributed by atoms with E-state index in [1.54, 1.807) is 0 Å². The van der Waals surface area contributed by atoms with E-state index in [1.165, 1.54) is 32.1 Å². The molecule has 0 aliphatic heterocycles. The van der Waals surface area contributed by atoms with Crippen LogP contribution in [0.15, 0.2) is 23.1 Å². The van der Waals surface area contributed by atoms with E-state index >= 15 is 0 Å². The molecular formula is C14H20ClNS. The molecule has 0 saturated heterocycles. The van der Waals surface area contributed by atoms with Gasteiger partial charge in [-0.1, -0.05) is 37.8 Å². The normalized spacial score (nSPS) is 24.8. The van der Waals surface area contributed by atoms with Gasteiger partial charge in [-0.15, -0.1) is 11.8 Å². The van der Waals surface area contributed by atoms with Crippen LogP contribution in [0, 0.1) is 5.92 Å². The SMILES string of the molecule is CCC1CCCC(Sc2cc(Cl)ccc2N)C1. The van der Waals surface area contributed by atoms with Crippen molar-refractivity contribution in [1.29, 1.82) is 0 Å². The number of thioether (sulfide) groups is 1. The minimum absolute atomic E-state index is 0.717. The number of nitrogens with two attached hydrogens (primary N) is 1. The highest BCUT2D eigenvalue weighted by molar-refractivity contribution is 8.00. The molecule has 0 amide bonds. The third kappa shape index (κ3) is 3.56. The maximum Gasteiger partial charge on any atom is 0.0453 e. The Morgan fingerprint density at radius 2 is 2.24 bits per heavy atom. The van der Waals surface area contributed by atoms with E-state index in [9.17, 15) is 0 Å². The van der Waals surface area contributed by atoms with Crippen LogP contribution in [0.1, 0.15) is 39.0 Å². The molecule has 1 aliphatic carbocycles. The molecule has 0 heterocycles. The largest absolute Gasteiger partial charge is 0.398 e. The molecule has 0 aromatic heterocycles. The predicted molar refractivity (Wildman–Crippen MR) is 77.8 cm³/mol. The lowest BCUT2D eigenvalue weighted by atomic mass is 9.87. The van der Waals surface area contributed by atoms with Crippen molar-refractivity contribution in [3.63, 3.8) is 0 Å². The average molecular weight is 270 g/mol. The van der Waals surface area contributed by atoms with Gasteiger partial charge in [0.1, 0.15) is 0 Å². The molecule has 94 valence electrons. The highest BCUT2D eigenvalue weighted by Crippen LogP contribution is 2.39. The number of rotatable bonds is 3. The Labute approximate surface area is 113 Å². The van der Waals surface area contributed by atoms with Crippen LogP contribution >= 0.6 is 23.4 Å². The van der Waals surface area contributed by atoms with Crippen LogP contribution in [0.3, 0.4) is 0 Å². The molecule has 17 heavy (non-hydrogen) atoms. The van der Waals surface area contributed by atoms with Gasteiger partial charge in [0.05, 0.1) is 0 Å². The summed E-state index contributed by atoms with van der Waals surface area (Å²) in [5.41, 5.74) is 6.85. The molecule has 0 radical (unpaired) electrons. The van der Waals surface area contributed by atoms with E-state index in [0.29, 0.717) is 0 Å². The van der Waals surface area contributed by atoms with Gasteiger partial charge < -0.3 is 5.73 Å². The molecule has 0 spiro atoms. The number of benzene rings is 1. The molecule has 1 nitrogen and oxygen atoms in total. The molecule has 1 aromatic rings. The van der Waals surface area contributed by atoms with Gasteiger partial charge in [-0.05, 0) is 37.0 Å². The van der Waals surface area contributed by atoms with Gasteiger partial charge in [0.25, 0.3) is 0 Å². The monoisotopic (exact) mass is 269 g/mol. The molecule has 2 unspecified atom stereocenters. The van der Waals surface area contributed by atoms with Gasteiger partial charge in [-0.3, -0.25) is 0 Å². The third-order valence-electron chi connectivity index (χ3n) is 3.58. The summed E-state index contributed by atoms with van der Waals surface area (Å²) < 4.78 is 0. The predicted octanol–water partition coefficient (Wildman–Crippen LogP) is 4.98. The second-order valence-corrected chi connectivity index (χ2v) is 6.64. The summed E-state index contributed by atoms with van der Waals surface area (Å²) in [4.78, 5) is 1.15. The molecule has 2 atom stereocenters. The van der Waals surface area contributed by atoms with E-state index in [0.717, 1.165) is 26.8 Å². The number of nitrogen functional groups attached to an aromatic ring is 1. The summed E-state index contributed by atoms with van der Waals surface area (Å²) in [7, 11) is 0. The summed E-state index contributed by atoms with van der Waals surface area (Å²) in [6.45, 7) is 2.30. The Morgan fingerprint density at radius 3 is 3.00 bits per heavy atom.